The van der Waals surface area contributed by atoms with Crippen molar-refractivity contribution in [2.24, 2.45) is 10.4 Å². The third-order valence-corrected chi connectivity index (χ3v) is 8.26. The van der Waals surface area contributed by atoms with Crippen molar-refractivity contribution in [1.29, 1.82) is 0 Å². The van der Waals surface area contributed by atoms with Crippen LogP contribution >= 0.6 is 24.0 Å². The number of sulfone groups is 1. The first kappa shape index (κ1) is 28.2. The van der Waals surface area contributed by atoms with Gasteiger partial charge in [0, 0.05) is 33.4 Å². The van der Waals surface area contributed by atoms with Gasteiger partial charge in [-0.25, -0.2) is 8.42 Å². The molecule has 1 aromatic rings. The van der Waals surface area contributed by atoms with E-state index in [0.717, 1.165) is 30.7 Å². The summed E-state index contributed by atoms with van der Waals surface area (Å²) in [6, 6.07) is 5.14. The molecule has 2 N–H and O–H groups in total. The first-order valence-corrected chi connectivity index (χ1v) is 12.7. The molecule has 0 heterocycles. The summed E-state index contributed by atoms with van der Waals surface area (Å²) in [6.45, 7) is 7.52. The van der Waals surface area contributed by atoms with E-state index in [1.165, 1.54) is 25.7 Å². The Hall–Kier alpha value is -0.870. The summed E-state index contributed by atoms with van der Waals surface area (Å²) >= 11 is 0. The summed E-state index contributed by atoms with van der Waals surface area (Å²) in [6.07, 6.45) is 6.62. The molecule has 31 heavy (non-hydrogen) atoms. The van der Waals surface area contributed by atoms with Crippen LogP contribution in [0, 0.1) is 19.3 Å². The van der Waals surface area contributed by atoms with E-state index in [1.807, 2.05) is 26.8 Å². The second-order valence-corrected chi connectivity index (χ2v) is 10.7. The highest BCUT2D eigenvalue weighted by Gasteiger charge is 2.33. The third kappa shape index (κ3) is 8.20. The van der Waals surface area contributed by atoms with E-state index in [2.05, 4.69) is 15.6 Å². The number of methoxy groups -OCH3 is 1. The topological polar surface area (TPSA) is 79.8 Å². The molecule has 1 fully saturated rings. The molecule has 0 radical (unpaired) electrons. The van der Waals surface area contributed by atoms with E-state index in [0.29, 0.717) is 17.3 Å². The molecule has 0 aromatic heterocycles. The van der Waals surface area contributed by atoms with Crippen molar-refractivity contribution in [3.05, 3.63) is 29.3 Å². The van der Waals surface area contributed by atoms with Crippen molar-refractivity contribution >= 4 is 39.8 Å². The second-order valence-electron chi connectivity index (χ2n) is 8.65. The fraction of sp³-hybridized carbons (Fsp3) is 0.696. The Morgan fingerprint density at radius 2 is 1.90 bits per heavy atom. The lowest BCUT2D eigenvalue weighted by atomic mass is 9.83. The standard InChI is InChI=1S/C23H39N3O3S.HI/c1-6-20(16-30(27,28)21-10-9-18(2)19(3)15-21)26-22(24-4)25-17-23(13-14-29-5)11-7-8-12-23;/h9-10,15,20H,6-8,11-14,16-17H2,1-5H3,(H2,24,25,26);1H. The monoisotopic (exact) mass is 565 g/mol. The van der Waals surface area contributed by atoms with Gasteiger partial charge < -0.3 is 15.4 Å². The van der Waals surface area contributed by atoms with Gasteiger partial charge in [-0.05, 0) is 68.2 Å². The quantitative estimate of drug-likeness (QED) is 0.252. The Morgan fingerprint density at radius 1 is 1.23 bits per heavy atom. The highest BCUT2D eigenvalue weighted by molar-refractivity contribution is 14.0. The van der Waals surface area contributed by atoms with Gasteiger partial charge in [0.2, 0.25) is 0 Å². The van der Waals surface area contributed by atoms with Crippen LogP contribution in [0.25, 0.3) is 0 Å². The minimum Gasteiger partial charge on any atom is -0.385 e. The van der Waals surface area contributed by atoms with Gasteiger partial charge in [0.15, 0.2) is 15.8 Å². The highest BCUT2D eigenvalue weighted by Crippen LogP contribution is 2.40. The number of guanidine groups is 1. The minimum atomic E-state index is -3.38. The highest BCUT2D eigenvalue weighted by atomic mass is 127. The van der Waals surface area contributed by atoms with E-state index < -0.39 is 9.84 Å². The molecule has 0 spiro atoms. The number of aliphatic imine (C=N–C) groups is 1. The van der Waals surface area contributed by atoms with Crippen LogP contribution in [0.3, 0.4) is 0 Å². The summed E-state index contributed by atoms with van der Waals surface area (Å²) in [4.78, 5) is 4.73. The van der Waals surface area contributed by atoms with Crippen molar-refractivity contribution in [2.45, 2.75) is 70.2 Å². The number of rotatable bonds is 10. The van der Waals surface area contributed by atoms with Crippen LogP contribution in [0.4, 0.5) is 0 Å². The van der Waals surface area contributed by atoms with E-state index in [1.54, 1.807) is 26.3 Å². The smallest absolute Gasteiger partial charge is 0.191 e. The van der Waals surface area contributed by atoms with Gasteiger partial charge in [0.25, 0.3) is 0 Å². The number of aryl methyl sites for hydroxylation is 2. The van der Waals surface area contributed by atoms with E-state index in [9.17, 15) is 8.42 Å². The summed E-state index contributed by atoms with van der Waals surface area (Å²) in [7, 11) is 0.0997. The molecule has 2 rings (SSSR count). The molecule has 1 atom stereocenters. The van der Waals surface area contributed by atoms with Crippen LogP contribution in [0.5, 0.6) is 0 Å². The van der Waals surface area contributed by atoms with Gasteiger partial charge in [-0.15, -0.1) is 24.0 Å². The predicted octanol–water partition coefficient (Wildman–Crippen LogP) is 4.24. The zero-order valence-electron chi connectivity index (χ0n) is 19.7. The number of benzene rings is 1. The molecule has 0 bridgehead atoms. The van der Waals surface area contributed by atoms with Crippen molar-refractivity contribution in [3.8, 4) is 0 Å². The molecule has 6 nitrogen and oxygen atoms in total. The SMILES string of the molecule is CCC(CS(=O)(=O)c1ccc(C)c(C)c1)NC(=NC)NCC1(CCOC)CCCC1.I. The largest absolute Gasteiger partial charge is 0.385 e. The molecular weight excluding hydrogens is 525 g/mol. The van der Waals surface area contributed by atoms with Crippen LogP contribution < -0.4 is 10.6 Å². The second kappa shape index (κ2) is 13.0. The average molecular weight is 566 g/mol. The Labute approximate surface area is 206 Å². The zero-order valence-corrected chi connectivity index (χ0v) is 22.8. The average Bonchev–Trinajstić information content (AvgIpc) is 3.19. The van der Waals surface area contributed by atoms with Crippen LogP contribution in [0.2, 0.25) is 0 Å². The summed E-state index contributed by atoms with van der Waals surface area (Å²) in [5.74, 6) is 0.711. The minimum absolute atomic E-state index is 0. The molecule has 0 amide bonds. The van der Waals surface area contributed by atoms with Gasteiger partial charge in [-0.2, -0.15) is 0 Å². The lowest BCUT2D eigenvalue weighted by Gasteiger charge is -2.30. The Balaban J connectivity index is 0.00000480. The van der Waals surface area contributed by atoms with Crippen LogP contribution in [-0.2, 0) is 14.6 Å². The van der Waals surface area contributed by atoms with E-state index >= 15 is 0 Å². The number of halogens is 1. The maximum Gasteiger partial charge on any atom is 0.191 e. The number of hydrogen-bond acceptors (Lipinski definition) is 4. The van der Waals surface area contributed by atoms with Gasteiger partial charge in [-0.3, -0.25) is 4.99 Å². The molecule has 1 aromatic carbocycles. The normalized spacial score (nSPS) is 17.1. The van der Waals surface area contributed by atoms with Gasteiger partial charge in [-0.1, -0.05) is 25.8 Å². The maximum absolute atomic E-state index is 13.0. The molecule has 1 aliphatic rings. The zero-order chi connectivity index (χ0) is 22.2. The molecular formula is C23H40IN3O3S. The fourth-order valence-corrected chi connectivity index (χ4v) is 5.82. The summed E-state index contributed by atoms with van der Waals surface area (Å²) in [5, 5.41) is 6.79. The van der Waals surface area contributed by atoms with E-state index in [4.69, 9.17) is 4.74 Å². The van der Waals surface area contributed by atoms with Crippen molar-refractivity contribution in [2.75, 3.05) is 33.1 Å². The van der Waals surface area contributed by atoms with Crippen molar-refractivity contribution < 1.29 is 13.2 Å². The first-order chi connectivity index (χ1) is 14.2. The molecule has 1 aliphatic carbocycles. The number of nitrogens with one attached hydrogen (secondary N) is 2. The Kier molecular flexibility index (Phi) is 11.8. The Morgan fingerprint density at radius 3 is 2.45 bits per heavy atom. The molecule has 8 heteroatoms. The van der Waals surface area contributed by atoms with Crippen molar-refractivity contribution in [3.63, 3.8) is 0 Å². The number of hydrogen-bond donors (Lipinski definition) is 2. The Bertz CT molecular complexity index is 821. The number of ether oxygens (including phenoxy) is 1. The molecule has 1 unspecified atom stereocenters. The number of nitrogens with zero attached hydrogens (tertiary/aromatic N) is 1. The van der Waals surface area contributed by atoms with E-state index in [-0.39, 0.29) is 41.2 Å². The molecule has 1 saturated carbocycles. The molecule has 0 saturated heterocycles. The van der Waals surface area contributed by atoms with Gasteiger partial charge >= 0.3 is 0 Å². The summed E-state index contributed by atoms with van der Waals surface area (Å²) < 4.78 is 31.2. The van der Waals surface area contributed by atoms with Crippen LogP contribution in [-0.4, -0.2) is 53.5 Å². The van der Waals surface area contributed by atoms with Gasteiger partial charge in [0.05, 0.1) is 10.6 Å². The van der Waals surface area contributed by atoms with Gasteiger partial charge in [0.1, 0.15) is 0 Å². The maximum atomic E-state index is 13.0. The van der Waals surface area contributed by atoms with Crippen molar-refractivity contribution in [1.82, 2.24) is 10.6 Å². The lowest BCUT2D eigenvalue weighted by Crippen LogP contribution is -2.48. The predicted molar refractivity (Wildman–Crippen MR) is 139 cm³/mol. The third-order valence-electron chi connectivity index (χ3n) is 6.45. The molecule has 0 aliphatic heterocycles. The summed E-state index contributed by atoms with van der Waals surface area (Å²) in [5.41, 5.74) is 2.33. The van der Waals surface area contributed by atoms with Crippen LogP contribution in [0.1, 0.15) is 56.6 Å². The van der Waals surface area contributed by atoms with Crippen LogP contribution in [0.15, 0.2) is 28.1 Å². The molecule has 178 valence electrons. The first-order valence-electron chi connectivity index (χ1n) is 11.0. The lowest BCUT2D eigenvalue weighted by molar-refractivity contribution is 0.138. The fourth-order valence-electron chi connectivity index (χ4n) is 4.15.